The Labute approximate surface area is 115 Å². The Kier molecular flexibility index (Phi) is 3.88. The van der Waals surface area contributed by atoms with Crippen LogP contribution < -0.4 is 10.2 Å². The van der Waals surface area contributed by atoms with Crippen LogP contribution in [0.4, 0.5) is 5.69 Å². The van der Waals surface area contributed by atoms with Crippen LogP contribution in [0.25, 0.3) is 0 Å². The number of benzene rings is 1. The number of hydrogen-bond donors (Lipinski definition) is 1. The lowest BCUT2D eigenvalue weighted by molar-refractivity contribution is 0.453. The highest BCUT2D eigenvalue weighted by atomic mass is 35.5. The molecule has 0 aromatic heterocycles. The lowest BCUT2D eigenvalue weighted by atomic mass is 9.96. The number of nitrogens with zero attached hydrogens (tertiary/aromatic N) is 1. The van der Waals surface area contributed by atoms with Gasteiger partial charge in [-0.1, -0.05) is 17.7 Å². The van der Waals surface area contributed by atoms with E-state index in [9.17, 15) is 0 Å². The average molecular weight is 267 g/mol. The summed E-state index contributed by atoms with van der Waals surface area (Å²) in [6.45, 7) is 12.0. The van der Waals surface area contributed by atoms with Crippen molar-refractivity contribution in [2.24, 2.45) is 0 Å². The molecule has 18 heavy (non-hydrogen) atoms. The van der Waals surface area contributed by atoms with E-state index in [1.807, 2.05) is 0 Å². The van der Waals surface area contributed by atoms with Gasteiger partial charge in [0.15, 0.2) is 0 Å². The molecule has 1 aliphatic rings. The highest BCUT2D eigenvalue weighted by Crippen LogP contribution is 2.36. The molecule has 0 amide bonds. The van der Waals surface area contributed by atoms with E-state index in [0.29, 0.717) is 0 Å². The second kappa shape index (κ2) is 5.10. The molecule has 2 rings (SSSR count). The zero-order valence-corrected chi connectivity index (χ0v) is 12.6. The standard InChI is InChI=1S/C15H23ClN2/c1-11-9-12(2)14(13(16)10-11)18-8-7-17-6-5-15(18,3)4/h9-10,17H,5-8H2,1-4H3. The fraction of sp³-hybridized carbons (Fsp3) is 0.600. The Morgan fingerprint density at radius 3 is 2.61 bits per heavy atom. The molecule has 0 unspecified atom stereocenters. The molecule has 1 aliphatic heterocycles. The molecule has 1 saturated heterocycles. The van der Waals surface area contributed by atoms with Crippen LogP contribution >= 0.6 is 11.6 Å². The molecule has 0 radical (unpaired) electrons. The van der Waals surface area contributed by atoms with Gasteiger partial charge >= 0.3 is 0 Å². The summed E-state index contributed by atoms with van der Waals surface area (Å²) in [5.41, 5.74) is 3.85. The highest BCUT2D eigenvalue weighted by molar-refractivity contribution is 6.33. The SMILES string of the molecule is Cc1cc(C)c(N2CCNCCC2(C)C)c(Cl)c1. The van der Waals surface area contributed by atoms with Gasteiger partial charge in [-0.05, 0) is 57.9 Å². The predicted molar refractivity (Wildman–Crippen MR) is 79.8 cm³/mol. The summed E-state index contributed by atoms with van der Waals surface area (Å²) in [7, 11) is 0. The van der Waals surface area contributed by atoms with E-state index < -0.39 is 0 Å². The predicted octanol–water partition coefficient (Wildman–Crippen LogP) is 3.54. The number of halogens is 1. The maximum absolute atomic E-state index is 6.49. The Bertz CT molecular complexity index is 417. The van der Waals surface area contributed by atoms with E-state index in [1.165, 1.54) is 16.8 Å². The normalized spacial score (nSPS) is 19.7. The molecule has 0 aliphatic carbocycles. The summed E-state index contributed by atoms with van der Waals surface area (Å²) in [4.78, 5) is 2.46. The fourth-order valence-electron chi connectivity index (χ4n) is 2.81. The minimum absolute atomic E-state index is 0.146. The van der Waals surface area contributed by atoms with E-state index in [1.54, 1.807) is 0 Å². The Balaban J connectivity index is 2.46. The van der Waals surface area contributed by atoms with Crippen molar-refractivity contribution in [2.45, 2.75) is 39.7 Å². The number of rotatable bonds is 1. The van der Waals surface area contributed by atoms with Gasteiger partial charge in [0.2, 0.25) is 0 Å². The van der Waals surface area contributed by atoms with Gasteiger partial charge in [0.05, 0.1) is 10.7 Å². The number of hydrogen-bond acceptors (Lipinski definition) is 2. The Hall–Kier alpha value is -0.730. The molecule has 1 N–H and O–H groups in total. The molecule has 0 atom stereocenters. The summed E-state index contributed by atoms with van der Waals surface area (Å²) >= 11 is 6.49. The van der Waals surface area contributed by atoms with Crippen molar-refractivity contribution >= 4 is 17.3 Å². The van der Waals surface area contributed by atoms with Gasteiger partial charge in [0.25, 0.3) is 0 Å². The van der Waals surface area contributed by atoms with E-state index >= 15 is 0 Å². The van der Waals surface area contributed by atoms with Gasteiger partial charge in [-0.25, -0.2) is 0 Å². The van der Waals surface area contributed by atoms with Gasteiger partial charge in [0, 0.05) is 18.6 Å². The molecule has 0 bridgehead atoms. The van der Waals surface area contributed by atoms with Crippen LogP contribution in [0.2, 0.25) is 5.02 Å². The van der Waals surface area contributed by atoms with Crippen molar-refractivity contribution in [1.29, 1.82) is 0 Å². The first-order valence-corrected chi connectivity index (χ1v) is 7.05. The summed E-state index contributed by atoms with van der Waals surface area (Å²) in [6, 6.07) is 4.29. The van der Waals surface area contributed by atoms with Crippen LogP contribution in [0.3, 0.4) is 0 Å². The van der Waals surface area contributed by atoms with Crippen LogP contribution in [0.5, 0.6) is 0 Å². The number of aryl methyl sites for hydroxylation is 2. The molecule has 1 fully saturated rings. The van der Waals surface area contributed by atoms with E-state index in [0.717, 1.165) is 31.1 Å². The minimum atomic E-state index is 0.146. The smallest absolute Gasteiger partial charge is 0.0645 e. The lowest BCUT2D eigenvalue weighted by Gasteiger charge is -2.40. The third-order valence-electron chi connectivity index (χ3n) is 3.82. The number of anilines is 1. The largest absolute Gasteiger partial charge is 0.364 e. The molecule has 1 aromatic rings. The van der Waals surface area contributed by atoms with Crippen LogP contribution in [-0.4, -0.2) is 25.2 Å². The summed E-state index contributed by atoms with van der Waals surface area (Å²) < 4.78 is 0. The molecule has 100 valence electrons. The third kappa shape index (κ3) is 2.65. The summed E-state index contributed by atoms with van der Waals surface area (Å²) in [5, 5.41) is 4.35. The molecule has 2 nitrogen and oxygen atoms in total. The number of nitrogens with one attached hydrogen (secondary N) is 1. The van der Waals surface area contributed by atoms with Crippen molar-refractivity contribution in [2.75, 3.05) is 24.5 Å². The topological polar surface area (TPSA) is 15.3 Å². The van der Waals surface area contributed by atoms with Crippen LogP contribution in [-0.2, 0) is 0 Å². The first-order valence-electron chi connectivity index (χ1n) is 6.67. The third-order valence-corrected chi connectivity index (χ3v) is 4.11. The zero-order chi connectivity index (χ0) is 13.3. The van der Waals surface area contributed by atoms with Gasteiger partial charge in [-0.2, -0.15) is 0 Å². The van der Waals surface area contributed by atoms with Crippen molar-refractivity contribution in [3.63, 3.8) is 0 Å². The van der Waals surface area contributed by atoms with Crippen molar-refractivity contribution in [1.82, 2.24) is 5.32 Å². The van der Waals surface area contributed by atoms with Gasteiger partial charge in [-0.15, -0.1) is 0 Å². The summed E-state index contributed by atoms with van der Waals surface area (Å²) in [6.07, 6.45) is 1.14. The van der Waals surface area contributed by atoms with Crippen LogP contribution in [0, 0.1) is 13.8 Å². The van der Waals surface area contributed by atoms with Gasteiger partial charge in [-0.3, -0.25) is 0 Å². The van der Waals surface area contributed by atoms with Gasteiger partial charge < -0.3 is 10.2 Å². The molecule has 1 aromatic carbocycles. The first-order chi connectivity index (χ1) is 8.42. The summed E-state index contributed by atoms with van der Waals surface area (Å²) in [5.74, 6) is 0. The molecule has 1 heterocycles. The van der Waals surface area contributed by atoms with Crippen molar-refractivity contribution in [3.05, 3.63) is 28.3 Å². The quantitative estimate of drug-likeness (QED) is 0.837. The maximum Gasteiger partial charge on any atom is 0.0645 e. The van der Waals surface area contributed by atoms with Crippen molar-refractivity contribution < 1.29 is 0 Å². The second-order valence-electron chi connectivity index (χ2n) is 5.88. The fourth-order valence-corrected chi connectivity index (χ4v) is 3.24. The monoisotopic (exact) mass is 266 g/mol. The van der Waals surface area contributed by atoms with E-state index in [-0.39, 0.29) is 5.54 Å². The molecule has 3 heteroatoms. The minimum Gasteiger partial charge on any atom is -0.364 e. The Morgan fingerprint density at radius 2 is 1.94 bits per heavy atom. The highest BCUT2D eigenvalue weighted by Gasteiger charge is 2.30. The van der Waals surface area contributed by atoms with Crippen LogP contribution in [0.1, 0.15) is 31.4 Å². The van der Waals surface area contributed by atoms with E-state index in [4.69, 9.17) is 11.6 Å². The molecular formula is C15H23ClN2. The van der Waals surface area contributed by atoms with Gasteiger partial charge in [0.1, 0.15) is 0 Å². The first kappa shape index (κ1) is 13.7. The molecule has 0 saturated carbocycles. The lowest BCUT2D eigenvalue weighted by Crippen LogP contribution is -2.45. The average Bonchev–Trinajstić information content (AvgIpc) is 2.39. The van der Waals surface area contributed by atoms with Crippen LogP contribution in [0.15, 0.2) is 12.1 Å². The molecule has 0 spiro atoms. The zero-order valence-electron chi connectivity index (χ0n) is 11.8. The maximum atomic E-state index is 6.49. The van der Waals surface area contributed by atoms with E-state index in [2.05, 4.69) is 50.0 Å². The Morgan fingerprint density at radius 1 is 1.22 bits per heavy atom. The molecular weight excluding hydrogens is 244 g/mol. The van der Waals surface area contributed by atoms with Crippen molar-refractivity contribution in [3.8, 4) is 0 Å². The second-order valence-corrected chi connectivity index (χ2v) is 6.28.